The number of benzene rings is 2. The molecule has 0 radical (unpaired) electrons. The Hall–Kier alpha value is -2.44. The number of carbonyl (C=O) groups is 2. The summed E-state index contributed by atoms with van der Waals surface area (Å²) in [7, 11) is 1.34. The Morgan fingerprint density at radius 2 is 1.92 bits per heavy atom. The summed E-state index contributed by atoms with van der Waals surface area (Å²) in [6.45, 7) is 2.99. The Labute approximate surface area is 225 Å². The zero-order valence-corrected chi connectivity index (χ0v) is 22.7. The zero-order chi connectivity index (χ0) is 26.6. The molecular formula is C30H39ClFNO4. The maximum Gasteiger partial charge on any atom is 0.305 e. The van der Waals surface area contributed by atoms with Crippen LogP contribution in [0, 0.1) is 17.7 Å². The third-order valence-electron chi connectivity index (χ3n) is 7.25. The van der Waals surface area contributed by atoms with Crippen LogP contribution in [0.3, 0.4) is 0 Å². The molecule has 1 unspecified atom stereocenters. The third-order valence-corrected chi connectivity index (χ3v) is 7.48. The van der Waals surface area contributed by atoms with Crippen molar-refractivity contribution in [3.8, 4) is 0 Å². The highest BCUT2D eigenvalue weighted by molar-refractivity contribution is 6.30. The maximum absolute atomic E-state index is 15.1. The molecule has 0 bridgehead atoms. The molecule has 0 heterocycles. The van der Waals surface area contributed by atoms with E-state index in [1.54, 1.807) is 30.3 Å². The summed E-state index contributed by atoms with van der Waals surface area (Å²) >= 11 is 6.20. The van der Waals surface area contributed by atoms with Gasteiger partial charge in [0, 0.05) is 35.7 Å². The van der Waals surface area contributed by atoms with Gasteiger partial charge in [-0.25, -0.2) is 4.39 Å². The number of rotatable bonds is 13. The fourth-order valence-corrected chi connectivity index (χ4v) is 5.27. The van der Waals surface area contributed by atoms with Crippen LogP contribution >= 0.6 is 11.6 Å². The van der Waals surface area contributed by atoms with Gasteiger partial charge in [0.05, 0.1) is 7.11 Å². The lowest BCUT2D eigenvalue weighted by Gasteiger charge is -2.26. The number of halogens is 2. The van der Waals surface area contributed by atoms with Gasteiger partial charge in [-0.05, 0) is 60.6 Å². The van der Waals surface area contributed by atoms with Crippen LogP contribution in [0.4, 0.5) is 4.39 Å². The van der Waals surface area contributed by atoms with Crippen LogP contribution in [0.2, 0.25) is 5.02 Å². The monoisotopic (exact) mass is 531 g/mol. The number of hydrogen-bond donors (Lipinski definition) is 1. The van der Waals surface area contributed by atoms with Gasteiger partial charge in [-0.15, -0.1) is 0 Å². The molecule has 202 valence electrons. The zero-order valence-electron chi connectivity index (χ0n) is 21.9. The van der Waals surface area contributed by atoms with Crippen molar-refractivity contribution in [3.63, 3.8) is 0 Å². The van der Waals surface area contributed by atoms with E-state index < -0.39 is 11.9 Å². The fourth-order valence-electron chi connectivity index (χ4n) is 5.07. The highest BCUT2D eigenvalue weighted by atomic mass is 35.5. The number of ether oxygens (including phenoxy) is 2. The topological polar surface area (TPSA) is 64.6 Å². The van der Waals surface area contributed by atoms with Gasteiger partial charge in [-0.2, -0.15) is 0 Å². The Morgan fingerprint density at radius 1 is 1.14 bits per heavy atom. The van der Waals surface area contributed by atoms with Crippen molar-refractivity contribution in [1.82, 2.24) is 5.32 Å². The van der Waals surface area contributed by atoms with Crippen LogP contribution < -0.4 is 5.32 Å². The summed E-state index contributed by atoms with van der Waals surface area (Å²) < 4.78 is 25.8. The van der Waals surface area contributed by atoms with Crippen molar-refractivity contribution < 1.29 is 23.5 Å². The van der Waals surface area contributed by atoms with Gasteiger partial charge in [0.25, 0.3) is 5.91 Å². The molecule has 2 aromatic rings. The maximum atomic E-state index is 15.1. The molecule has 1 aliphatic rings. The first-order valence-electron chi connectivity index (χ1n) is 13.4. The largest absolute Gasteiger partial charge is 0.469 e. The summed E-state index contributed by atoms with van der Waals surface area (Å²) in [5.74, 6) is 0.158. The molecule has 0 saturated heterocycles. The molecule has 2 aromatic carbocycles. The molecule has 37 heavy (non-hydrogen) atoms. The Balaban J connectivity index is 1.72. The van der Waals surface area contributed by atoms with E-state index in [1.807, 2.05) is 0 Å². The van der Waals surface area contributed by atoms with Crippen molar-refractivity contribution in [2.24, 2.45) is 11.8 Å². The van der Waals surface area contributed by atoms with E-state index in [4.69, 9.17) is 16.3 Å². The van der Waals surface area contributed by atoms with Crippen LogP contribution in [-0.4, -0.2) is 32.1 Å². The molecule has 1 N–H and O–H groups in total. The van der Waals surface area contributed by atoms with E-state index in [0.29, 0.717) is 35.0 Å². The minimum Gasteiger partial charge on any atom is -0.469 e. The van der Waals surface area contributed by atoms with E-state index in [-0.39, 0.29) is 30.5 Å². The molecule has 7 heteroatoms. The number of carbonyl (C=O) groups excluding carboxylic acids is 2. The van der Waals surface area contributed by atoms with Crippen LogP contribution in [0.5, 0.6) is 0 Å². The molecular weight excluding hydrogens is 493 g/mol. The predicted octanol–water partition coefficient (Wildman–Crippen LogP) is 7.26. The van der Waals surface area contributed by atoms with E-state index in [9.17, 15) is 9.59 Å². The first-order chi connectivity index (χ1) is 17.9. The van der Waals surface area contributed by atoms with Crippen molar-refractivity contribution in [2.75, 3.05) is 20.3 Å². The summed E-state index contributed by atoms with van der Waals surface area (Å²) in [6.07, 6.45) is 8.53. The lowest BCUT2D eigenvalue weighted by molar-refractivity contribution is -0.141. The van der Waals surface area contributed by atoms with E-state index >= 15 is 4.39 Å². The van der Waals surface area contributed by atoms with Gasteiger partial charge >= 0.3 is 5.97 Å². The van der Waals surface area contributed by atoms with Gasteiger partial charge in [-0.3, -0.25) is 9.59 Å². The van der Waals surface area contributed by atoms with Crippen LogP contribution in [-0.2, 0) is 14.3 Å². The first-order valence-corrected chi connectivity index (χ1v) is 13.8. The Bertz CT molecular complexity index is 1020. The first kappa shape index (κ1) is 29.1. The van der Waals surface area contributed by atoms with Crippen LogP contribution in [0.15, 0.2) is 42.5 Å². The number of amides is 1. The smallest absolute Gasteiger partial charge is 0.305 e. The van der Waals surface area contributed by atoms with Gasteiger partial charge < -0.3 is 14.8 Å². The third kappa shape index (κ3) is 9.11. The summed E-state index contributed by atoms with van der Waals surface area (Å²) in [5.41, 5.74) is 1.30. The van der Waals surface area contributed by atoms with Gasteiger partial charge in [0.15, 0.2) is 0 Å². The standard InChI is InChI=1S/C30H39ClFNO4/c1-3-21(17-22-9-5-4-6-10-22)20-33-30(35)24-14-15-27(32)26(19-24)29(23-11-7-12-25(31)18-23)37-16-8-13-28(34)36-2/h7,11-12,14-15,18-19,21-22,29H,3-6,8-10,13,16-17,20H2,1-2H3,(H,33,35)/t21-,29?/m0/s1. The van der Waals surface area contributed by atoms with Crippen molar-refractivity contribution in [2.45, 2.75) is 70.8 Å². The normalized spacial score (nSPS) is 15.7. The highest BCUT2D eigenvalue weighted by Gasteiger charge is 2.23. The second-order valence-electron chi connectivity index (χ2n) is 9.95. The Morgan fingerprint density at radius 3 is 2.62 bits per heavy atom. The molecule has 0 spiro atoms. The SMILES string of the molecule is CC[C@H](CNC(=O)c1ccc(F)c(C(OCCCC(=O)OC)c2cccc(Cl)c2)c1)CC1CCCCC1. The molecule has 0 aromatic heterocycles. The lowest BCUT2D eigenvalue weighted by Crippen LogP contribution is -2.30. The van der Waals surface area contributed by atoms with Gasteiger partial charge in [0.2, 0.25) is 0 Å². The van der Waals surface area contributed by atoms with Gasteiger partial charge in [-0.1, -0.05) is 69.2 Å². The van der Waals surface area contributed by atoms with Crippen molar-refractivity contribution >= 4 is 23.5 Å². The predicted molar refractivity (Wildman–Crippen MR) is 144 cm³/mol. The van der Waals surface area contributed by atoms with Crippen molar-refractivity contribution in [3.05, 3.63) is 70.0 Å². The van der Waals surface area contributed by atoms with E-state index in [0.717, 1.165) is 18.8 Å². The molecule has 5 nitrogen and oxygen atoms in total. The summed E-state index contributed by atoms with van der Waals surface area (Å²) in [6, 6.07) is 11.4. The molecule has 1 amide bonds. The molecule has 3 rings (SSSR count). The molecule has 2 atom stereocenters. The van der Waals surface area contributed by atoms with E-state index in [1.165, 1.54) is 51.3 Å². The molecule has 1 saturated carbocycles. The highest BCUT2D eigenvalue weighted by Crippen LogP contribution is 2.32. The minimum atomic E-state index is -0.779. The molecule has 1 aliphatic carbocycles. The average Bonchev–Trinajstić information content (AvgIpc) is 2.91. The van der Waals surface area contributed by atoms with Crippen LogP contribution in [0.25, 0.3) is 0 Å². The Kier molecular flexibility index (Phi) is 11.9. The quantitative estimate of drug-likeness (QED) is 0.218. The average molecular weight is 532 g/mol. The van der Waals surface area contributed by atoms with Gasteiger partial charge in [0.1, 0.15) is 11.9 Å². The fraction of sp³-hybridized carbons (Fsp3) is 0.533. The lowest BCUT2D eigenvalue weighted by atomic mass is 9.82. The van der Waals surface area contributed by atoms with Crippen molar-refractivity contribution in [1.29, 1.82) is 0 Å². The molecule has 0 aliphatic heterocycles. The second kappa shape index (κ2) is 15.1. The number of esters is 1. The van der Waals surface area contributed by atoms with Crippen LogP contribution in [0.1, 0.15) is 92.3 Å². The second-order valence-corrected chi connectivity index (χ2v) is 10.4. The number of hydrogen-bond acceptors (Lipinski definition) is 4. The summed E-state index contributed by atoms with van der Waals surface area (Å²) in [5, 5.41) is 3.57. The number of nitrogens with one attached hydrogen (secondary N) is 1. The molecule has 1 fully saturated rings. The van der Waals surface area contributed by atoms with E-state index in [2.05, 4.69) is 17.0 Å². The summed E-state index contributed by atoms with van der Waals surface area (Å²) in [4.78, 5) is 24.5. The number of methoxy groups -OCH3 is 1. The minimum absolute atomic E-state index is 0.198.